The molecule has 0 radical (unpaired) electrons. The number of allylic oxidation sites excluding steroid dienone is 1. The summed E-state index contributed by atoms with van der Waals surface area (Å²) >= 11 is 0. The van der Waals surface area contributed by atoms with Crippen LogP contribution in [0.1, 0.15) is 78.6 Å². The minimum absolute atomic E-state index is 1.15. The normalized spacial score (nSPS) is 11.2. The van der Waals surface area contributed by atoms with Crippen LogP contribution in [-0.2, 0) is 0 Å². The Balaban J connectivity index is 3.65. The second-order valence-corrected chi connectivity index (χ2v) is 4.95. The minimum atomic E-state index is 1.15. The van der Waals surface area contributed by atoms with E-state index < -0.39 is 0 Å². The summed E-state index contributed by atoms with van der Waals surface area (Å²) in [5, 5.41) is 0. The molecule has 0 aliphatic rings. The number of nitrogens with zero attached hydrogens (tertiary/aromatic N) is 1. The highest BCUT2D eigenvalue weighted by Gasteiger charge is 1.98. The van der Waals surface area contributed by atoms with Gasteiger partial charge in [0.05, 0.1) is 0 Å². The first-order valence-electron chi connectivity index (χ1n) is 7.75. The first-order valence-corrected chi connectivity index (χ1v) is 7.75. The topological polar surface area (TPSA) is 3.24 Å². The first-order chi connectivity index (χ1) is 8.35. The van der Waals surface area contributed by atoms with Crippen molar-refractivity contribution >= 4 is 0 Å². The first kappa shape index (κ1) is 16.5. The Morgan fingerprint density at radius 1 is 0.706 bits per heavy atom. The molecule has 0 saturated heterocycles. The highest BCUT2D eigenvalue weighted by molar-refractivity contribution is 4.81. The zero-order chi connectivity index (χ0) is 12.8. The van der Waals surface area contributed by atoms with Gasteiger partial charge in [0.25, 0.3) is 0 Å². The summed E-state index contributed by atoms with van der Waals surface area (Å²) in [6.45, 7) is 9.27. The second kappa shape index (κ2) is 13.6. The molecule has 102 valence electrons. The Labute approximate surface area is 109 Å². The lowest BCUT2D eigenvalue weighted by molar-refractivity contribution is 0.351. The highest BCUT2D eigenvalue weighted by atomic mass is 15.1. The molecule has 0 unspecified atom stereocenters. The lowest BCUT2D eigenvalue weighted by Crippen LogP contribution is -2.20. The van der Waals surface area contributed by atoms with Crippen molar-refractivity contribution in [2.45, 2.75) is 78.6 Å². The molecular weight excluding hydrogens is 206 g/mol. The smallest absolute Gasteiger partial charge is 0.0172 e. The van der Waals surface area contributed by atoms with Gasteiger partial charge in [0.1, 0.15) is 0 Å². The van der Waals surface area contributed by atoms with Gasteiger partial charge in [0.2, 0.25) is 0 Å². The van der Waals surface area contributed by atoms with Gasteiger partial charge >= 0.3 is 0 Å². The van der Waals surface area contributed by atoms with Crippen molar-refractivity contribution < 1.29 is 0 Å². The number of hydrogen-bond donors (Lipinski definition) is 0. The van der Waals surface area contributed by atoms with Crippen molar-refractivity contribution in [3.8, 4) is 0 Å². The summed E-state index contributed by atoms with van der Waals surface area (Å²) in [6.07, 6.45) is 16.7. The van der Waals surface area contributed by atoms with Crippen molar-refractivity contribution in [1.29, 1.82) is 0 Å². The predicted octanol–water partition coefficient (Wildman–Crippen LogP) is 5.37. The summed E-state index contributed by atoms with van der Waals surface area (Å²) in [5.41, 5.74) is 0. The molecule has 0 N–H and O–H groups in total. The van der Waals surface area contributed by atoms with E-state index in [9.17, 15) is 0 Å². The summed E-state index contributed by atoms with van der Waals surface area (Å²) < 4.78 is 0. The molecule has 0 aliphatic carbocycles. The molecule has 0 saturated carbocycles. The molecule has 0 amide bonds. The minimum Gasteiger partial charge on any atom is -0.378 e. The maximum absolute atomic E-state index is 2.52. The fourth-order valence-electron chi connectivity index (χ4n) is 2.00. The van der Waals surface area contributed by atoms with E-state index in [1.54, 1.807) is 0 Å². The molecule has 1 heteroatoms. The fraction of sp³-hybridized carbons (Fsp3) is 0.875. The van der Waals surface area contributed by atoms with E-state index in [0.29, 0.717) is 0 Å². The average molecular weight is 239 g/mol. The fourth-order valence-corrected chi connectivity index (χ4v) is 2.00. The number of unbranched alkanes of at least 4 members (excludes halogenated alkanes) is 6. The van der Waals surface area contributed by atoms with Crippen molar-refractivity contribution in [1.82, 2.24) is 4.90 Å². The van der Waals surface area contributed by atoms with Crippen LogP contribution in [0.5, 0.6) is 0 Å². The van der Waals surface area contributed by atoms with E-state index in [1.807, 2.05) is 0 Å². The largest absolute Gasteiger partial charge is 0.378 e. The molecule has 0 rings (SSSR count). The molecule has 0 atom stereocenters. The van der Waals surface area contributed by atoms with Gasteiger partial charge in [-0.25, -0.2) is 0 Å². The molecule has 0 bridgehead atoms. The maximum Gasteiger partial charge on any atom is 0.0172 e. The molecule has 0 aliphatic heterocycles. The average Bonchev–Trinajstić information content (AvgIpc) is 2.35. The molecular formula is C16H33N. The van der Waals surface area contributed by atoms with E-state index in [4.69, 9.17) is 0 Å². The molecule has 0 fully saturated rings. The molecule has 0 heterocycles. The third-order valence-electron chi connectivity index (χ3n) is 3.15. The van der Waals surface area contributed by atoms with Crippen molar-refractivity contribution in [3.05, 3.63) is 12.3 Å². The van der Waals surface area contributed by atoms with Crippen LogP contribution in [0.25, 0.3) is 0 Å². The Bertz CT molecular complexity index is 163. The Morgan fingerprint density at radius 2 is 1.24 bits per heavy atom. The van der Waals surface area contributed by atoms with Crippen LogP contribution in [0, 0.1) is 0 Å². The highest BCUT2D eigenvalue weighted by Crippen LogP contribution is 2.06. The summed E-state index contributed by atoms with van der Waals surface area (Å²) in [7, 11) is 0. The lowest BCUT2D eigenvalue weighted by atomic mass is 10.1. The van der Waals surface area contributed by atoms with Crippen LogP contribution in [0.4, 0.5) is 0 Å². The van der Waals surface area contributed by atoms with Gasteiger partial charge in [-0.1, -0.05) is 65.4 Å². The van der Waals surface area contributed by atoms with Crippen molar-refractivity contribution in [3.63, 3.8) is 0 Å². The van der Waals surface area contributed by atoms with Crippen molar-refractivity contribution in [2.75, 3.05) is 13.1 Å². The summed E-state index contributed by atoms with van der Waals surface area (Å²) in [6, 6.07) is 0. The zero-order valence-corrected chi connectivity index (χ0v) is 12.4. The Hall–Kier alpha value is -0.460. The number of hydrogen-bond acceptors (Lipinski definition) is 1. The van der Waals surface area contributed by atoms with Crippen LogP contribution in [0.3, 0.4) is 0 Å². The second-order valence-electron chi connectivity index (χ2n) is 4.95. The summed E-state index contributed by atoms with van der Waals surface area (Å²) in [4.78, 5) is 2.52. The predicted molar refractivity (Wildman–Crippen MR) is 79.3 cm³/mol. The van der Waals surface area contributed by atoms with E-state index in [2.05, 4.69) is 37.9 Å². The molecule has 17 heavy (non-hydrogen) atoms. The van der Waals surface area contributed by atoms with Gasteiger partial charge in [0, 0.05) is 13.1 Å². The van der Waals surface area contributed by atoms with Gasteiger partial charge in [0.15, 0.2) is 0 Å². The Morgan fingerprint density at radius 3 is 1.82 bits per heavy atom. The Kier molecular flexibility index (Phi) is 13.2. The number of rotatable bonds is 12. The van der Waals surface area contributed by atoms with E-state index >= 15 is 0 Å². The van der Waals surface area contributed by atoms with Crippen LogP contribution < -0.4 is 0 Å². The zero-order valence-electron chi connectivity index (χ0n) is 12.4. The molecule has 1 nitrogen and oxygen atoms in total. The van der Waals surface area contributed by atoms with Gasteiger partial charge in [-0.3, -0.25) is 0 Å². The van der Waals surface area contributed by atoms with Crippen LogP contribution in [0.2, 0.25) is 0 Å². The van der Waals surface area contributed by atoms with Gasteiger partial charge in [-0.05, 0) is 25.5 Å². The molecule has 0 aromatic carbocycles. The molecule has 0 spiro atoms. The molecule has 0 aromatic heterocycles. The maximum atomic E-state index is 2.52. The van der Waals surface area contributed by atoms with Crippen LogP contribution in [-0.4, -0.2) is 18.0 Å². The lowest BCUT2D eigenvalue weighted by Gasteiger charge is -2.20. The monoisotopic (exact) mass is 239 g/mol. The van der Waals surface area contributed by atoms with E-state index in [-0.39, 0.29) is 0 Å². The van der Waals surface area contributed by atoms with Gasteiger partial charge in [-0.15, -0.1) is 0 Å². The van der Waals surface area contributed by atoms with Crippen LogP contribution in [0.15, 0.2) is 12.3 Å². The standard InChI is InChI=1S/C16H33N/c1-4-7-10-11-13-16-17(14-9-6-3)15-12-8-5-2/h9,14H,4-8,10-13,15-16H2,1-3H3. The van der Waals surface area contributed by atoms with E-state index in [0.717, 1.165) is 6.42 Å². The SMILES string of the molecule is CCC=CN(CCCCC)CCCCCCC. The van der Waals surface area contributed by atoms with Crippen LogP contribution >= 0.6 is 0 Å². The quantitative estimate of drug-likeness (QED) is 0.414. The third-order valence-corrected chi connectivity index (χ3v) is 3.15. The molecule has 0 aromatic rings. The summed E-state index contributed by atoms with van der Waals surface area (Å²) in [5.74, 6) is 0. The van der Waals surface area contributed by atoms with Gasteiger partial charge < -0.3 is 4.90 Å². The van der Waals surface area contributed by atoms with Crippen molar-refractivity contribution in [2.24, 2.45) is 0 Å². The van der Waals surface area contributed by atoms with Gasteiger partial charge in [-0.2, -0.15) is 0 Å². The van der Waals surface area contributed by atoms with E-state index in [1.165, 1.54) is 64.5 Å². The third kappa shape index (κ3) is 11.8.